The van der Waals surface area contributed by atoms with Gasteiger partial charge in [0.05, 0.1) is 6.54 Å². The first kappa shape index (κ1) is 13.9. The summed E-state index contributed by atoms with van der Waals surface area (Å²) in [5.74, 6) is 0.0385. The minimum Gasteiger partial charge on any atom is -0.381 e. The number of benzene rings is 1. The van der Waals surface area contributed by atoms with Crippen LogP contribution in [0, 0.1) is 5.41 Å². The van der Waals surface area contributed by atoms with Crippen molar-refractivity contribution in [2.24, 2.45) is 5.41 Å². The first-order valence-corrected chi connectivity index (χ1v) is 6.81. The molecule has 2 rings (SSSR count). The van der Waals surface area contributed by atoms with Crippen molar-refractivity contribution < 1.29 is 9.53 Å². The number of nitrogens with one attached hydrogen (secondary N) is 2. The van der Waals surface area contributed by atoms with Crippen LogP contribution in [0.5, 0.6) is 0 Å². The van der Waals surface area contributed by atoms with Crippen LogP contribution < -0.4 is 10.6 Å². The van der Waals surface area contributed by atoms with Crippen molar-refractivity contribution in [3.8, 4) is 0 Å². The lowest BCUT2D eigenvalue weighted by Gasteiger charge is -2.33. The summed E-state index contributed by atoms with van der Waals surface area (Å²) in [6.07, 6.45) is 2.03. The Hall–Kier alpha value is -1.55. The fourth-order valence-corrected chi connectivity index (χ4v) is 2.15. The summed E-state index contributed by atoms with van der Waals surface area (Å²) in [5, 5.41) is 6.11. The van der Waals surface area contributed by atoms with Crippen molar-refractivity contribution in [3.05, 3.63) is 30.3 Å². The molecule has 2 N–H and O–H groups in total. The van der Waals surface area contributed by atoms with Crippen LogP contribution in [-0.2, 0) is 9.53 Å². The Kier molecular flexibility index (Phi) is 4.80. The third kappa shape index (κ3) is 4.56. The van der Waals surface area contributed by atoms with E-state index in [-0.39, 0.29) is 11.3 Å². The number of para-hydroxylation sites is 1. The first-order valence-electron chi connectivity index (χ1n) is 6.81. The maximum Gasteiger partial charge on any atom is 0.239 e. The molecule has 1 aliphatic heterocycles. The number of hydrogen-bond acceptors (Lipinski definition) is 3. The van der Waals surface area contributed by atoms with Gasteiger partial charge in [-0.2, -0.15) is 0 Å². The second kappa shape index (κ2) is 6.57. The second-order valence-corrected chi connectivity index (χ2v) is 5.42. The van der Waals surface area contributed by atoms with Gasteiger partial charge in [-0.05, 0) is 30.4 Å². The molecule has 1 fully saturated rings. The highest BCUT2D eigenvalue weighted by Gasteiger charge is 2.27. The van der Waals surface area contributed by atoms with Gasteiger partial charge in [-0.25, -0.2) is 0 Å². The molecular weight excluding hydrogens is 240 g/mol. The van der Waals surface area contributed by atoms with Crippen molar-refractivity contribution in [3.63, 3.8) is 0 Å². The van der Waals surface area contributed by atoms with Crippen LogP contribution in [0.3, 0.4) is 0 Å². The molecule has 0 spiro atoms. The van der Waals surface area contributed by atoms with E-state index in [0.29, 0.717) is 6.54 Å². The van der Waals surface area contributed by atoms with Gasteiger partial charge in [-0.1, -0.05) is 25.1 Å². The van der Waals surface area contributed by atoms with E-state index in [1.54, 1.807) is 0 Å². The Morgan fingerprint density at radius 1 is 1.26 bits per heavy atom. The minimum atomic E-state index is 0.0385. The van der Waals surface area contributed by atoms with Gasteiger partial charge in [0, 0.05) is 25.4 Å². The number of rotatable bonds is 5. The number of amides is 1. The maximum absolute atomic E-state index is 11.8. The molecular formula is C15H22N2O2. The summed E-state index contributed by atoms with van der Waals surface area (Å²) in [6.45, 7) is 4.85. The van der Waals surface area contributed by atoms with Crippen molar-refractivity contribution >= 4 is 11.6 Å². The normalized spacial score (nSPS) is 17.7. The van der Waals surface area contributed by atoms with Gasteiger partial charge in [0.15, 0.2) is 0 Å². The molecule has 0 unspecified atom stereocenters. The quantitative estimate of drug-likeness (QED) is 0.853. The predicted octanol–water partition coefficient (Wildman–Crippen LogP) is 2.03. The molecule has 4 nitrogen and oxygen atoms in total. The molecule has 1 aromatic rings. The van der Waals surface area contributed by atoms with Gasteiger partial charge in [-0.3, -0.25) is 4.79 Å². The molecule has 0 bridgehead atoms. The lowest BCUT2D eigenvalue weighted by Crippen LogP contribution is -2.41. The standard InChI is InChI=1S/C15H22N2O2/c1-15(7-9-19-10-8-15)12-17-14(18)11-16-13-5-3-2-4-6-13/h2-6,16H,7-12H2,1H3,(H,17,18). The predicted molar refractivity (Wildman–Crippen MR) is 76.1 cm³/mol. The molecule has 4 heteroatoms. The van der Waals surface area contributed by atoms with E-state index in [1.165, 1.54) is 0 Å². The first-order chi connectivity index (χ1) is 9.18. The Morgan fingerprint density at radius 3 is 2.63 bits per heavy atom. The Morgan fingerprint density at radius 2 is 1.95 bits per heavy atom. The zero-order chi connectivity index (χ0) is 13.6. The topological polar surface area (TPSA) is 50.4 Å². The molecule has 0 atom stereocenters. The van der Waals surface area contributed by atoms with E-state index in [0.717, 1.165) is 38.3 Å². The summed E-state index contributed by atoms with van der Waals surface area (Å²) in [5.41, 5.74) is 1.15. The highest BCUT2D eigenvalue weighted by molar-refractivity contribution is 5.80. The average Bonchev–Trinajstić information content (AvgIpc) is 2.45. The van der Waals surface area contributed by atoms with Gasteiger partial charge >= 0.3 is 0 Å². The SMILES string of the molecule is CC1(CNC(=O)CNc2ccccc2)CCOCC1. The molecule has 0 radical (unpaired) electrons. The fraction of sp³-hybridized carbons (Fsp3) is 0.533. The van der Waals surface area contributed by atoms with E-state index in [9.17, 15) is 4.79 Å². The minimum absolute atomic E-state index is 0.0385. The Labute approximate surface area is 114 Å². The average molecular weight is 262 g/mol. The molecule has 1 aromatic carbocycles. The van der Waals surface area contributed by atoms with E-state index in [4.69, 9.17) is 4.74 Å². The van der Waals surface area contributed by atoms with Crippen molar-refractivity contribution in [1.29, 1.82) is 0 Å². The maximum atomic E-state index is 11.8. The van der Waals surface area contributed by atoms with Crippen LogP contribution in [-0.4, -0.2) is 32.2 Å². The van der Waals surface area contributed by atoms with Gasteiger partial charge in [0.1, 0.15) is 0 Å². The smallest absolute Gasteiger partial charge is 0.239 e. The van der Waals surface area contributed by atoms with Crippen LogP contribution >= 0.6 is 0 Å². The van der Waals surface area contributed by atoms with E-state index < -0.39 is 0 Å². The molecule has 19 heavy (non-hydrogen) atoms. The van der Waals surface area contributed by atoms with Crippen molar-refractivity contribution in [2.45, 2.75) is 19.8 Å². The zero-order valence-corrected chi connectivity index (χ0v) is 11.4. The van der Waals surface area contributed by atoms with Crippen LogP contribution in [0.15, 0.2) is 30.3 Å². The summed E-state index contributed by atoms with van der Waals surface area (Å²) in [6, 6.07) is 9.75. The summed E-state index contributed by atoms with van der Waals surface area (Å²) in [7, 11) is 0. The Bertz CT molecular complexity index is 400. The summed E-state index contributed by atoms with van der Waals surface area (Å²) in [4.78, 5) is 11.8. The second-order valence-electron chi connectivity index (χ2n) is 5.42. The number of anilines is 1. The monoisotopic (exact) mass is 262 g/mol. The molecule has 1 saturated heterocycles. The summed E-state index contributed by atoms with van der Waals surface area (Å²) >= 11 is 0. The van der Waals surface area contributed by atoms with E-state index in [1.807, 2.05) is 30.3 Å². The molecule has 0 aromatic heterocycles. The molecule has 0 saturated carbocycles. The number of ether oxygens (including phenoxy) is 1. The number of carbonyl (C=O) groups excluding carboxylic acids is 1. The van der Waals surface area contributed by atoms with Crippen molar-refractivity contribution in [1.82, 2.24) is 5.32 Å². The third-order valence-corrected chi connectivity index (χ3v) is 3.64. The van der Waals surface area contributed by atoms with Gasteiger partial charge in [0.25, 0.3) is 0 Å². The molecule has 0 aliphatic carbocycles. The van der Waals surface area contributed by atoms with Gasteiger partial charge in [0.2, 0.25) is 5.91 Å². The number of hydrogen-bond donors (Lipinski definition) is 2. The lowest BCUT2D eigenvalue weighted by molar-refractivity contribution is -0.120. The largest absolute Gasteiger partial charge is 0.381 e. The zero-order valence-electron chi connectivity index (χ0n) is 11.4. The summed E-state index contributed by atoms with van der Waals surface area (Å²) < 4.78 is 5.35. The number of carbonyl (C=O) groups is 1. The highest BCUT2D eigenvalue weighted by Crippen LogP contribution is 2.28. The van der Waals surface area contributed by atoms with Gasteiger partial charge in [-0.15, -0.1) is 0 Å². The molecule has 104 valence electrons. The van der Waals surface area contributed by atoms with Crippen LogP contribution in [0.2, 0.25) is 0 Å². The highest BCUT2D eigenvalue weighted by atomic mass is 16.5. The molecule has 1 amide bonds. The van der Waals surface area contributed by atoms with Gasteiger partial charge < -0.3 is 15.4 Å². The van der Waals surface area contributed by atoms with E-state index >= 15 is 0 Å². The third-order valence-electron chi connectivity index (χ3n) is 3.64. The van der Waals surface area contributed by atoms with Crippen LogP contribution in [0.25, 0.3) is 0 Å². The van der Waals surface area contributed by atoms with E-state index in [2.05, 4.69) is 17.6 Å². The van der Waals surface area contributed by atoms with Crippen LogP contribution in [0.4, 0.5) is 5.69 Å². The Balaban J connectivity index is 1.70. The van der Waals surface area contributed by atoms with Crippen LogP contribution in [0.1, 0.15) is 19.8 Å². The fourth-order valence-electron chi connectivity index (χ4n) is 2.15. The van der Waals surface area contributed by atoms with Crippen molar-refractivity contribution in [2.75, 3.05) is 31.6 Å². The molecule has 1 aliphatic rings. The lowest BCUT2D eigenvalue weighted by atomic mass is 9.82. The molecule has 1 heterocycles.